The van der Waals surface area contributed by atoms with E-state index in [1.54, 1.807) is 0 Å². The van der Waals surface area contributed by atoms with Gasteiger partial charge in [0.15, 0.2) is 17.7 Å². The van der Waals surface area contributed by atoms with Crippen molar-refractivity contribution >= 4 is 16.7 Å². The van der Waals surface area contributed by atoms with Gasteiger partial charge in [-0.1, -0.05) is 39.0 Å². The third kappa shape index (κ3) is 2.57. The Kier molecular flexibility index (Phi) is 4.37. The van der Waals surface area contributed by atoms with E-state index in [9.17, 15) is 4.79 Å². The summed E-state index contributed by atoms with van der Waals surface area (Å²) in [5.74, 6) is -0.188. The molecule has 5 heteroatoms. The minimum absolute atomic E-state index is 0.0432. The van der Waals surface area contributed by atoms with Gasteiger partial charge in [0.25, 0.3) is 0 Å². The Labute approximate surface area is 207 Å². The molecule has 0 amide bonds. The van der Waals surface area contributed by atoms with Crippen molar-refractivity contribution in [1.82, 2.24) is 4.98 Å². The molecular formula is C30H37NO4. The van der Waals surface area contributed by atoms with E-state index < -0.39 is 17.5 Å². The molecule has 5 aliphatic rings. The van der Waals surface area contributed by atoms with Crippen LogP contribution in [-0.4, -0.2) is 41.0 Å². The number of H-pyrrole nitrogens is 1. The van der Waals surface area contributed by atoms with E-state index >= 15 is 0 Å². The summed E-state index contributed by atoms with van der Waals surface area (Å²) in [6.45, 7) is 11.8. The highest BCUT2D eigenvalue weighted by Crippen LogP contribution is 2.70. The van der Waals surface area contributed by atoms with Gasteiger partial charge in [-0.3, -0.25) is 4.79 Å². The fraction of sp³-hybridized carbons (Fsp3) is 0.633. The number of aromatic nitrogens is 1. The van der Waals surface area contributed by atoms with E-state index in [4.69, 9.17) is 14.2 Å². The maximum absolute atomic E-state index is 13.3. The predicted octanol–water partition coefficient (Wildman–Crippen LogP) is 5.61. The van der Waals surface area contributed by atoms with Gasteiger partial charge in [0.05, 0.1) is 6.10 Å². The zero-order chi connectivity index (χ0) is 24.4. The van der Waals surface area contributed by atoms with Crippen LogP contribution in [0.25, 0.3) is 10.9 Å². The summed E-state index contributed by atoms with van der Waals surface area (Å²) in [5.41, 5.74) is 4.37. The summed E-state index contributed by atoms with van der Waals surface area (Å²) >= 11 is 0. The lowest BCUT2D eigenvalue weighted by atomic mass is 9.43. The van der Waals surface area contributed by atoms with Crippen LogP contribution in [0.15, 0.2) is 35.9 Å². The number of carbonyl (C=O) groups excluding carboxylic acids is 1. The van der Waals surface area contributed by atoms with Crippen molar-refractivity contribution in [1.29, 1.82) is 0 Å². The largest absolute Gasteiger partial charge is 0.378 e. The first-order chi connectivity index (χ1) is 16.6. The van der Waals surface area contributed by atoms with Gasteiger partial charge >= 0.3 is 0 Å². The lowest BCUT2D eigenvalue weighted by Gasteiger charge is -2.63. The van der Waals surface area contributed by atoms with Gasteiger partial charge in [-0.25, -0.2) is 0 Å². The van der Waals surface area contributed by atoms with Crippen LogP contribution in [0.2, 0.25) is 0 Å². The molecule has 186 valence electrons. The number of ether oxygens (including phenoxy) is 3. The Morgan fingerprint density at radius 2 is 1.94 bits per heavy atom. The molecule has 5 nitrogen and oxygen atoms in total. The molecule has 1 saturated heterocycles. The van der Waals surface area contributed by atoms with E-state index in [0.29, 0.717) is 5.92 Å². The number of nitrogens with one attached hydrogen (secondary N) is 1. The van der Waals surface area contributed by atoms with Gasteiger partial charge in [-0.05, 0) is 74.1 Å². The van der Waals surface area contributed by atoms with Crippen LogP contribution in [0, 0.1) is 17.3 Å². The maximum Gasteiger partial charge on any atom is 0.193 e. The Morgan fingerprint density at radius 1 is 1.14 bits per heavy atom. The molecule has 3 heterocycles. The van der Waals surface area contributed by atoms with Gasteiger partial charge in [0.1, 0.15) is 5.60 Å². The fourth-order valence-electron chi connectivity index (χ4n) is 8.83. The van der Waals surface area contributed by atoms with Crippen LogP contribution >= 0.6 is 0 Å². The van der Waals surface area contributed by atoms with Gasteiger partial charge in [0.2, 0.25) is 0 Å². The summed E-state index contributed by atoms with van der Waals surface area (Å²) in [5, 5.41) is 1.36. The third-order valence-electron chi connectivity index (χ3n) is 10.6. The van der Waals surface area contributed by atoms with Crippen molar-refractivity contribution in [3.05, 3.63) is 47.2 Å². The summed E-state index contributed by atoms with van der Waals surface area (Å²) < 4.78 is 19.8. The SMILES string of the molecule is CCCOC1C[C@H]2Cc3c([nH]c4ccccc34)[C@]2(C)[C@@]2(C)CCC34O[C@@H](C(=O)C=C3C12)C(C)(C)O4. The summed E-state index contributed by atoms with van der Waals surface area (Å²) in [6.07, 6.45) is 6.23. The quantitative estimate of drug-likeness (QED) is 0.627. The van der Waals surface area contributed by atoms with Crippen molar-refractivity contribution in [2.24, 2.45) is 17.3 Å². The predicted molar refractivity (Wildman–Crippen MR) is 134 cm³/mol. The first-order valence-electron chi connectivity index (χ1n) is 13.5. The zero-order valence-corrected chi connectivity index (χ0v) is 21.6. The van der Waals surface area contributed by atoms with Crippen LogP contribution in [0.4, 0.5) is 0 Å². The molecule has 1 aromatic heterocycles. The highest BCUT2D eigenvalue weighted by molar-refractivity contribution is 5.97. The van der Waals surface area contributed by atoms with Crippen molar-refractivity contribution in [2.45, 2.75) is 95.7 Å². The molecule has 3 unspecified atom stereocenters. The van der Waals surface area contributed by atoms with Gasteiger partial charge in [-0.15, -0.1) is 0 Å². The van der Waals surface area contributed by atoms with Crippen LogP contribution < -0.4 is 0 Å². The number of carbonyl (C=O) groups is 1. The second kappa shape index (κ2) is 6.87. The van der Waals surface area contributed by atoms with Crippen LogP contribution in [0.3, 0.4) is 0 Å². The number of fused-ring (bicyclic) bond motifs is 9. The summed E-state index contributed by atoms with van der Waals surface area (Å²) in [4.78, 5) is 17.2. The molecule has 1 spiro atoms. The topological polar surface area (TPSA) is 60.5 Å². The maximum atomic E-state index is 13.3. The molecule has 2 bridgehead atoms. The van der Waals surface area contributed by atoms with E-state index in [2.05, 4.69) is 50.0 Å². The number of para-hydroxylation sites is 1. The molecule has 0 radical (unpaired) electrons. The molecular weight excluding hydrogens is 438 g/mol. The molecule has 2 aromatic rings. The van der Waals surface area contributed by atoms with E-state index in [1.165, 1.54) is 22.2 Å². The molecule has 7 atom stereocenters. The molecule has 7 rings (SSSR count). The monoisotopic (exact) mass is 475 g/mol. The highest BCUT2D eigenvalue weighted by Gasteiger charge is 2.72. The second-order valence-corrected chi connectivity index (χ2v) is 12.6. The van der Waals surface area contributed by atoms with Crippen LogP contribution in [0.1, 0.15) is 71.6 Å². The number of benzene rings is 1. The molecule has 3 fully saturated rings. The Morgan fingerprint density at radius 3 is 2.74 bits per heavy atom. The van der Waals surface area contributed by atoms with Crippen molar-refractivity contribution in [2.75, 3.05) is 6.61 Å². The molecule has 1 N–H and O–H groups in total. The van der Waals surface area contributed by atoms with E-state index in [-0.39, 0.29) is 28.6 Å². The second-order valence-electron chi connectivity index (χ2n) is 12.6. The lowest BCUT2D eigenvalue weighted by molar-refractivity contribution is -0.222. The first-order valence-corrected chi connectivity index (χ1v) is 13.5. The van der Waals surface area contributed by atoms with Crippen molar-refractivity contribution in [3.8, 4) is 0 Å². The number of rotatable bonds is 3. The number of hydrogen-bond donors (Lipinski definition) is 1. The molecule has 2 saturated carbocycles. The Hall–Kier alpha value is -1.95. The van der Waals surface area contributed by atoms with E-state index in [0.717, 1.165) is 44.3 Å². The standard InChI is InChI=1S/C30H37NO4/c1-6-13-33-23-15-17-14-19-18-9-7-8-10-21(18)31-25(19)29(17,5)28(4)11-12-30-20(24(23)28)16-22(32)26(34-30)27(2,3)35-30/h7-10,16-17,23-24,26,31H,6,11-15H2,1-5H3/t17-,23?,24?,26+,28+,29-,30?/m1/s1. The van der Waals surface area contributed by atoms with Crippen LogP contribution in [-0.2, 0) is 30.8 Å². The number of ketones is 1. The van der Waals surface area contributed by atoms with Crippen LogP contribution in [0.5, 0.6) is 0 Å². The lowest BCUT2D eigenvalue weighted by Crippen LogP contribution is -2.64. The molecule has 1 aromatic carbocycles. The average Bonchev–Trinajstić information content (AvgIpc) is 3.40. The minimum Gasteiger partial charge on any atom is -0.378 e. The summed E-state index contributed by atoms with van der Waals surface area (Å²) in [6, 6.07) is 8.72. The highest BCUT2D eigenvalue weighted by atomic mass is 16.8. The normalized spacial score (nSPS) is 42.9. The minimum atomic E-state index is -0.800. The molecule has 2 aliphatic heterocycles. The Balaban J connectivity index is 1.41. The average molecular weight is 476 g/mol. The number of hydrogen-bond acceptors (Lipinski definition) is 4. The molecule has 35 heavy (non-hydrogen) atoms. The third-order valence-corrected chi connectivity index (χ3v) is 10.6. The van der Waals surface area contributed by atoms with Gasteiger partial charge in [-0.2, -0.15) is 0 Å². The Bertz CT molecular complexity index is 1270. The smallest absolute Gasteiger partial charge is 0.193 e. The van der Waals surface area contributed by atoms with Crippen molar-refractivity contribution < 1.29 is 19.0 Å². The van der Waals surface area contributed by atoms with E-state index in [1.807, 2.05) is 19.9 Å². The number of aromatic amines is 1. The fourth-order valence-corrected chi connectivity index (χ4v) is 8.83. The van der Waals surface area contributed by atoms with Gasteiger partial charge in [0, 0.05) is 41.0 Å². The summed E-state index contributed by atoms with van der Waals surface area (Å²) in [7, 11) is 0. The van der Waals surface area contributed by atoms with Gasteiger partial charge < -0.3 is 19.2 Å². The molecule has 3 aliphatic carbocycles. The van der Waals surface area contributed by atoms with Crippen molar-refractivity contribution in [3.63, 3.8) is 0 Å². The first kappa shape index (κ1) is 22.3. The zero-order valence-electron chi connectivity index (χ0n) is 21.6.